The van der Waals surface area contributed by atoms with Crippen LogP contribution in [0.4, 0.5) is 15.8 Å². The molecule has 5 heteroatoms. The average molecular weight is 277 g/mol. The number of ether oxygens (including phenoxy) is 1. The highest BCUT2D eigenvalue weighted by atomic mass is 35.5. The van der Waals surface area contributed by atoms with Gasteiger partial charge in [0, 0.05) is 5.02 Å². The molecule has 0 unspecified atom stereocenters. The van der Waals surface area contributed by atoms with Crippen LogP contribution in [0, 0.1) is 17.1 Å². The van der Waals surface area contributed by atoms with Gasteiger partial charge in [0.05, 0.1) is 30.1 Å². The third-order valence-corrected chi connectivity index (χ3v) is 2.76. The number of halogens is 2. The zero-order valence-electron chi connectivity index (χ0n) is 10.1. The molecule has 0 radical (unpaired) electrons. The van der Waals surface area contributed by atoms with Gasteiger partial charge in [0.25, 0.3) is 0 Å². The lowest BCUT2D eigenvalue weighted by atomic mass is 10.2. The number of benzene rings is 2. The normalized spacial score (nSPS) is 9.79. The fourth-order valence-electron chi connectivity index (χ4n) is 1.61. The molecule has 0 aliphatic heterocycles. The Morgan fingerprint density at radius 1 is 1.21 bits per heavy atom. The summed E-state index contributed by atoms with van der Waals surface area (Å²) in [4.78, 5) is 0. The SMILES string of the molecule is COc1ccc(Cl)cc1Nc1ccc(C#N)cc1F. The van der Waals surface area contributed by atoms with E-state index in [2.05, 4.69) is 5.32 Å². The lowest BCUT2D eigenvalue weighted by Crippen LogP contribution is -1.97. The number of nitrogens with zero attached hydrogens (tertiary/aromatic N) is 1. The van der Waals surface area contributed by atoms with E-state index < -0.39 is 5.82 Å². The van der Waals surface area contributed by atoms with Gasteiger partial charge >= 0.3 is 0 Å². The molecule has 0 bridgehead atoms. The average Bonchev–Trinajstić information content (AvgIpc) is 2.41. The number of nitrogens with one attached hydrogen (secondary N) is 1. The first kappa shape index (κ1) is 13.2. The number of rotatable bonds is 3. The maximum absolute atomic E-state index is 13.8. The minimum absolute atomic E-state index is 0.250. The Balaban J connectivity index is 2.36. The van der Waals surface area contributed by atoms with E-state index in [-0.39, 0.29) is 11.3 Å². The highest BCUT2D eigenvalue weighted by Gasteiger charge is 2.08. The van der Waals surface area contributed by atoms with E-state index in [9.17, 15) is 4.39 Å². The Bertz CT molecular complexity index is 652. The topological polar surface area (TPSA) is 45.0 Å². The Morgan fingerprint density at radius 3 is 2.63 bits per heavy atom. The number of methoxy groups -OCH3 is 1. The van der Waals surface area contributed by atoms with Crippen molar-refractivity contribution in [1.82, 2.24) is 0 Å². The van der Waals surface area contributed by atoms with Crippen molar-refractivity contribution < 1.29 is 9.13 Å². The molecule has 0 amide bonds. The third kappa shape index (κ3) is 2.95. The molecule has 0 aliphatic rings. The molecular weight excluding hydrogens is 267 g/mol. The number of hydrogen-bond acceptors (Lipinski definition) is 3. The van der Waals surface area contributed by atoms with Crippen molar-refractivity contribution in [2.45, 2.75) is 0 Å². The van der Waals surface area contributed by atoms with Gasteiger partial charge in [-0.1, -0.05) is 11.6 Å². The maximum Gasteiger partial charge on any atom is 0.147 e. The van der Waals surface area contributed by atoms with Crippen molar-refractivity contribution in [2.24, 2.45) is 0 Å². The first-order valence-corrected chi connectivity index (χ1v) is 5.82. The van der Waals surface area contributed by atoms with Crippen LogP contribution in [0.5, 0.6) is 5.75 Å². The lowest BCUT2D eigenvalue weighted by molar-refractivity contribution is 0.417. The van der Waals surface area contributed by atoms with Gasteiger partial charge in [-0.3, -0.25) is 0 Å². The molecule has 19 heavy (non-hydrogen) atoms. The van der Waals surface area contributed by atoms with Gasteiger partial charge in [-0.15, -0.1) is 0 Å². The fourth-order valence-corrected chi connectivity index (χ4v) is 1.78. The van der Waals surface area contributed by atoms with Crippen molar-refractivity contribution in [3.05, 3.63) is 52.8 Å². The Kier molecular flexibility index (Phi) is 3.88. The number of nitriles is 1. The highest BCUT2D eigenvalue weighted by Crippen LogP contribution is 2.31. The van der Waals surface area contributed by atoms with Gasteiger partial charge in [0.15, 0.2) is 0 Å². The molecule has 0 aromatic heterocycles. The van der Waals surface area contributed by atoms with Crippen LogP contribution in [0.1, 0.15) is 5.56 Å². The lowest BCUT2D eigenvalue weighted by Gasteiger charge is -2.12. The van der Waals surface area contributed by atoms with Crippen molar-refractivity contribution in [3.8, 4) is 11.8 Å². The minimum atomic E-state index is -0.513. The molecule has 2 aromatic rings. The van der Waals surface area contributed by atoms with Gasteiger partial charge in [-0.05, 0) is 36.4 Å². The van der Waals surface area contributed by atoms with Crippen LogP contribution in [-0.2, 0) is 0 Å². The van der Waals surface area contributed by atoms with Crippen LogP contribution in [0.25, 0.3) is 0 Å². The summed E-state index contributed by atoms with van der Waals surface area (Å²) < 4.78 is 18.9. The van der Waals surface area contributed by atoms with Gasteiger partial charge in [-0.2, -0.15) is 5.26 Å². The van der Waals surface area contributed by atoms with Crippen LogP contribution in [0.2, 0.25) is 5.02 Å². The summed E-state index contributed by atoms with van der Waals surface area (Å²) in [7, 11) is 1.52. The second-order valence-corrected chi connectivity index (χ2v) is 4.21. The van der Waals surface area contributed by atoms with Crippen LogP contribution < -0.4 is 10.1 Å². The molecule has 0 spiro atoms. The molecule has 3 nitrogen and oxygen atoms in total. The Hall–Kier alpha value is -2.25. The van der Waals surface area contributed by atoms with Crippen LogP contribution >= 0.6 is 11.6 Å². The van der Waals surface area contributed by atoms with Crippen LogP contribution in [0.3, 0.4) is 0 Å². The summed E-state index contributed by atoms with van der Waals surface area (Å²) in [5.74, 6) is 0.0363. The van der Waals surface area contributed by atoms with Gasteiger partial charge in [0.1, 0.15) is 11.6 Å². The van der Waals surface area contributed by atoms with Gasteiger partial charge in [0.2, 0.25) is 0 Å². The maximum atomic E-state index is 13.8. The van der Waals surface area contributed by atoms with Crippen molar-refractivity contribution in [2.75, 3.05) is 12.4 Å². The molecule has 0 fully saturated rings. The molecule has 2 rings (SSSR count). The largest absolute Gasteiger partial charge is 0.495 e. The molecule has 1 N–H and O–H groups in total. The first-order valence-electron chi connectivity index (χ1n) is 5.44. The Morgan fingerprint density at radius 2 is 2.00 bits per heavy atom. The van der Waals surface area contributed by atoms with E-state index in [1.54, 1.807) is 18.2 Å². The summed E-state index contributed by atoms with van der Waals surface area (Å²) in [5.41, 5.74) is 1.07. The standard InChI is InChI=1S/C14H10ClFN2O/c1-19-14-5-3-10(15)7-13(14)18-12-4-2-9(8-17)6-11(12)16/h2-7,18H,1H3. The molecule has 0 heterocycles. The van der Waals surface area contributed by atoms with Crippen molar-refractivity contribution >= 4 is 23.0 Å². The van der Waals surface area contributed by atoms with Crippen molar-refractivity contribution in [1.29, 1.82) is 5.26 Å². The van der Waals surface area contributed by atoms with Crippen molar-refractivity contribution in [3.63, 3.8) is 0 Å². The zero-order valence-corrected chi connectivity index (χ0v) is 10.8. The van der Waals surface area contributed by atoms with E-state index in [1.165, 1.54) is 25.3 Å². The summed E-state index contributed by atoms with van der Waals surface area (Å²) in [6, 6.07) is 11.1. The highest BCUT2D eigenvalue weighted by molar-refractivity contribution is 6.31. The van der Waals surface area contributed by atoms with E-state index in [0.717, 1.165) is 0 Å². The predicted octanol–water partition coefficient (Wildman–Crippen LogP) is 4.10. The van der Waals surface area contributed by atoms with E-state index >= 15 is 0 Å². The second kappa shape index (κ2) is 5.59. The zero-order chi connectivity index (χ0) is 13.8. The summed E-state index contributed by atoms with van der Waals surface area (Å²) in [6.07, 6.45) is 0. The van der Waals surface area contributed by atoms with E-state index in [1.807, 2.05) is 6.07 Å². The molecule has 96 valence electrons. The minimum Gasteiger partial charge on any atom is -0.495 e. The summed E-state index contributed by atoms with van der Waals surface area (Å²) in [5, 5.41) is 12.1. The molecule has 2 aromatic carbocycles. The molecule has 0 aliphatic carbocycles. The number of hydrogen-bond donors (Lipinski definition) is 1. The van der Waals surface area contributed by atoms with Gasteiger partial charge in [-0.25, -0.2) is 4.39 Å². The quantitative estimate of drug-likeness (QED) is 0.918. The summed E-state index contributed by atoms with van der Waals surface area (Å²) >= 11 is 5.90. The second-order valence-electron chi connectivity index (χ2n) is 3.78. The van der Waals surface area contributed by atoms with E-state index in [4.69, 9.17) is 21.6 Å². The predicted molar refractivity (Wildman–Crippen MR) is 72.4 cm³/mol. The first-order chi connectivity index (χ1) is 9.13. The monoisotopic (exact) mass is 276 g/mol. The molecule has 0 saturated heterocycles. The van der Waals surface area contributed by atoms with Gasteiger partial charge < -0.3 is 10.1 Å². The third-order valence-electron chi connectivity index (χ3n) is 2.53. The molecular formula is C14H10ClFN2O. The van der Waals surface area contributed by atoms with E-state index in [0.29, 0.717) is 16.5 Å². The smallest absolute Gasteiger partial charge is 0.147 e. The Labute approximate surface area is 115 Å². The summed E-state index contributed by atoms with van der Waals surface area (Å²) in [6.45, 7) is 0. The fraction of sp³-hybridized carbons (Fsp3) is 0.0714. The van der Waals surface area contributed by atoms with Crippen LogP contribution in [0.15, 0.2) is 36.4 Å². The molecule has 0 saturated carbocycles. The molecule has 0 atom stereocenters. The van der Waals surface area contributed by atoms with Crippen LogP contribution in [-0.4, -0.2) is 7.11 Å². The number of anilines is 2.